The molecule has 0 saturated heterocycles. The lowest BCUT2D eigenvalue weighted by molar-refractivity contribution is -0.143. The van der Waals surface area contributed by atoms with Crippen molar-refractivity contribution in [3.05, 3.63) is 35.4 Å². The number of ketones is 1. The van der Waals surface area contributed by atoms with E-state index in [1.54, 1.807) is 12.1 Å². The molecule has 0 heterocycles. The van der Waals surface area contributed by atoms with Gasteiger partial charge in [-0.2, -0.15) is 0 Å². The summed E-state index contributed by atoms with van der Waals surface area (Å²) < 4.78 is 0. The van der Waals surface area contributed by atoms with Crippen molar-refractivity contribution < 1.29 is 19.5 Å². The number of aliphatic carboxylic acids is 1. The molecule has 0 unspecified atom stereocenters. The zero-order valence-corrected chi connectivity index (χ0v) is 14.1. The molecule has 2 rings (SSSR count). The van der Waals surface area contributed by atoms with Crippen LogP contribution < -0.4 is 5.32 Å². The molecule has 5 nitrogen and oxygen atoms in total. The number of carbonyl (C=O) groups excluding carboxylic acids is 2. The van der Waals surface area contributed by atoms with E-state index in [9.17, 15) is 19.5 Å². The SMILES string of the molecule is Cc1ccc(C(=O)CCC(=O)N[C@H]2CCCCC[C@H]2C(=O)O)cc1. The first-order valence-electron chi connectivity index (χ1n) is 8.59. The third kappa shape index (κ3) is 5.18. The Hall–Kier alpha value is -2.17. The Labute approximate surface area is 142 Å². The highest BCUT2D eigenvalue weighted by Crippen LogP contribution is 2.24. The number of amides is 1. The van der Waals surface area contributed by atoms with Gasteiger partial charge in [-0.3, -0.25) is 14.4 Å². The maximum Gasteiger partial charge on any atom is 0.308 e. The molecule has 0 spiro atoms. The first-order chi connectivity index (χ1) is 11.5. The second-order valence-electron chi connectivity index (χ2n) is 6.55. The van der Waals surface area contributed by atoms with E-state index in [-0.39, 0.29) is 30.6 Å². The highest BCUT2D eigenvalue weighted by Gasteiger charge is 2.30. The molecule has 1 saturated carbocycles. The Morgan fingerprint density at radius 1 is 1.04 bits per heavy atom. The van der Waals surface area contributed by atoms with Gasteiger partial charge in [-0.05, 0) is 19.8 Å². The molecule has 1 aromatic rings. The fourth-order valence-electron chi connectivity index (χ4n) is 3.17. The minimum Gasteiger partial charge on any atom is -0.481 e. The Morgan fingerprint density at radius 3 is 2.38 bits per heavy atom. The number of carboxylic acids is 1. The van der Waals surface area contributed by atoms with Gasteiger partial charge in [0.1, 0.15) is 0 Å². The van der Waals surface area contributed by atoms with Gasteiger partial charge in [-0.1, -0.05) is 49.1 Å². The van der Waals surface area contributed by atoms with E-state index >= 15 is 0 Å². The van der Waals surface area contributed by atoms with Crippen LogP contribution in [0.2, 0.25) is 0 Å². The summed E-state index contributed by atoms with van der Waals surface area (Å²) in [5.41, 5.74) is 1.68. The van der Waals surface area contributed by atoms with Crippen molar-refractivity contribution in [1.82, 2.24) is 5.32 Å². The molecule has 0 aromatic heterocycles. The average Bonchev–Trinajstić information content (AvgIpc) is 2.79. The van der Waals surface area contributed by atoms with E-state index in [4.69, 9.17) is 0 Å². The van der Waals surface area contributed by atoms with Crippen molar-refractivity contribution in [2.45, 2.75) is 57.9 Å². The van der Waals surface area contributed by atoms with Crippen LogP contribution in [-0.2, 0) is 9.59 Å². The molecule has 0 bridgehead atoms. The van der Waals surface area contributed by atoms with Crippen molar-refractivity contribution in [2.75, 3.05) is 0 Å². The van der Waals surface area contributed by atoms with Crippen LogP contribution in [0.5, 0.6) is 0 Å². The lowest BCUT2D eigenvalue weighted by Gasteiger charge is -2.22. The molecule has 1 fully saturated rings. The Bertz CT molecular complexity index is 594. The minimum absolute atomic E-state index is 0.0687. The maximum absolute atomic E-state index is 12.1. The number of Topliss-reactive ketones (excluding diaryl/α,β-unsaturated/α-hetero) is 1. The number of rotatable bonds is 6. The van der Waals surface area contributed by atoms with Gasteiger partial charge < -0.3 is 10.4 Å². The second-order valence-corrected chi connectivity index (χ2v) is 6.55. The average molecular weight is 331 g/mol. The van der Waals surface area contributed by atoms with Crippen molar-refractivity contribution in [3.8, 4) is 0 Å². The zero-order chi connectivity index (χ0) is 17.5. The number of hydrogen-bond donors (Lipinski definition) is 2. The van der Waals surface area contributed by atoms with E-state index in [0.29, 0.717) is 18.4 Å². The van der Waals surface area contributed by atoms with Crippen LogP contribution in [0.4, 0.5) is 0 Å². The highest BCUT2D eigenvalue weighted by molar-refractivity contribution is 5.98. The predicted octanol–water partition coefficient (Wildman–Crippen LogP) is 3.11. The van der Waals surface area contributed by atoms with E-state index < -0.39 is 11.9 Å². The molecular formula is C19H25NO4. The van der Waals surface area contributed by atoms with Gasteiger partial charge >= 0.3 is 5.97 Å². The van der Waals surface area contributed by atoms with E-state index in [0.717, 1.165) is 24.8 Å². The summed E-state index contributed by atoms with van der Waals surface area (Å²) in [7, 11) is 0. The summed E-state index contributed by atoms with van der Waals surface area (Å²) in [6.45, 7) is 1.95. The predicted molar refractivity (Wildman–Crippen MR) is 90.9 cm³/mol. The van der Waals surface area contributed by atoms with Crippen LogP contribution in [0.25, 0.3) is 0 Å². The van der Waals surface area contributed by atoms with Gasteiger partial charge in [0.2, 0.25) is 5.91 Å². The second kappa shape index (κ2) is 8.62. The molecule has 0 radical (unpaired) electrons. The molecule has 0 aliphatic heterocycles. The monoisotopic (exact) mass is 331 g/mol. The van der Waals surface area contributed by atoms with E-state index in [2.05, 4.69) is 5.32 Å². The van der Waals surface area contributed by atoms with Crippen molar-refractivity contribution in [1.29, 1.82) is 0 Å². The van der Waals surface area contributed by atoms with Gasteiger partial charge in [0, 0.05) is 24.4 Å². The molecule has 1 aliphatic carbocycles. The molecule has 24 heavy (non-hydrogen) atoms. The number of aryl methyl sites for hydroxylation is 1. The summed E-state index contributed by atoms with van der Waals surface area (Å²) in [6.07, 6.45) is 4.33. The van der Waals surface area contributed by atoms with Crippen molar-refractivity contribution in [2.24, 2.45) is 5.92 Å². The molecule has 130 valence electrons. The van der Waals surface area contributed by atoms with Gasteiger partial charge in [0.15, 0.2) is 5.78 Å². The first-order valence-corrected chi connectivity index (χ1v) is 8.59. The number of nitrogens with one attached hydrogen (secondary N) is 1. The number of benzene rings is 1. The third-order valence-corrected chi connectivity index (χ3v) is 4.63. The molecular weight excluding hydrogens is 306 g/mol. The number of hydrogen-bond acceptors (Lipinski definition) is 3. The van der Waals surface area contributed by atoms with Crippen LogP contribution >= 0.6 is 0 Å². The van der Waals surface area contributed by atoms with Crippen LogP contribution in [0, 0.1) is 12.8 Å². The summed E-state index contributed by atoms with van der Waals surface area (Å²) >= 11 is 0. The molecule has 1 aliphatic rings. The lowest BCUT2D eigenvalue weighted by Crippen LogP contribution is -2.42. The van der Waals surface area contributed by atoms with Gasteiger partial charge in [-0.15, -0.1) is 0 Å². The zero-order valence-electron chi connectivity index (χ0n) is 14.1. The molecule has 1 aromatic carbocycles. The highest BCUT2D eigenvalue weighted by atomic mass is 16.4. The lowest BCUT2D eigenvalue weighted by atomic mass is 9.94. The van der Waals surface area contributed by atoms with E-state index in [1.807, 2.05) is 19.1 Å². The standard InChI is InChI=1S/C19H25NO4/c1-13-7-9-14(10-8-13)17(21)11-12-18(22)20-16-6-4-2-3-5-15(16)19(23)24/h7-10,15-16H,2-6,11-12H2,1H3,(H,20,22)(H,23,24)/t15-,16+/m1/s1. The summed E-state index contributed by atoms with van der Waals surface area (Å²) in [6, 6.07) is 6.95. The third-order valence-electron chi connectivity index (χ3n) is 4.63. The summed E-state index contributed by atoms with van der Waals surface area (Å²) in [4.78, 5) is 35.6. The smallest absolute Gasteiger partial charge is 0.308 e. The molecule has 2 N–H and O–H groups in total. The largest absolute Gasteiger partial charge is 0.481 e. The van der Waals surface area contributed by atoms with Crippen LogP contribution in [0.1, 0.15) is 60.9 Å². The molecule has 1 amide bonds. The van der Waals surface area contributed by atoms with E-state index in [1.165, 1.54) is 0 Å². The van der Waals surface area contributed by atoms with Gasteiger partial charge in [0.05, 0.1) is 5.92 Å². The Balaban J connectivity index is 1.86. The molecule has 5 heteroatoms. The minimum atomic E-state index is -0.849. The summed E-state index contributed by atoms with van der Waals surface area (Å²) in [5.74, 6) is -1.68. The van der Waals surface area contributed by atoms with Crippen molar-refractivity contribution >= 4 is 17.7 Å². The first kappa shape index (κ1) is 18.2. The fraction of sp³-hybridized carbons (Fsp3) is 0.526. The normalized spacial score (nSPS) is 20.9. The van der Waals surface area contributed by atoms with Crippen LogP contribution in [0.3, 0.4) is 0 Å². The maximum atomic E-state index is 12.1. The topological polar surface area (TPSA) is 83.5 Å². The fourth-order valence-corrected chi connectivity index (χ4v) is 3.17. The van der Waals surface area contributed by atoms with Gasteiger partial charge in [0.25, 0.3) is 0 Å². The number of carboxylic acid groups (broad SMARTS) is 1. The quantitative estimate of drug-likeness (QED) is 0.620. The van der Waals surface area contributed by atoms with Crippen molar-refractivity contribution in [3.63, 3.8) is 0 Å². The number of carbonyl (C=O) groups is 3. The van der Waals surface area contributed by atoms with Gasteiger partial charge in [-0.25, -0.2) is 0 Å². The van der Waals surface area contributed by atoms with Crippen LogP contribution in [0.15, 0.2) is 24.3 Å². The summed E-state index contributed by atoms with van der Waals surface area (Å²) in [5, 5.41) is 12.2. The molecule has 2 atom stereocenters. The van der Waals surface area contributed by atoms with Crippen LogP contribution in [-0.4, -0.2) is 28.8 Å². The Kier molecular flexibility index (Phi) is 6.53. The Morgan fingerprint density at radius 2 is 1.71 bits per heavy atom.